The molecule has 1 aromatic heterocycles. The van der Waals surface area contributed by atoms with Gasteiger partial charge in [0.2, 0.25) is 0 Å². The molecule has 0 atom stereocenters. The largest absolute Gasteiger partial charge is 0.496 e. The molecule has 0 unspecified atom stereocenters. The summed E-state index contributed by atoms with van der Waals surface area (Å²) in [6.07, 6.45) is 2.43. The Morgan fingerprint density at radius 3 is 2.46 bits per heavy atom. The third-order valence-corrected chi connectivity index (χ3v) is 4.33. The quantitative estimate of drug-likeness (QED) is 0.727. The Hall–Kier alpha value is -2.20. The fourth-order valence-corrected chi connectivity index (χ4v) is 2.75. The summed E-state index contributed by atoms with van der Waals surface area (Å²) in [7, 11) is 1.57. The van der Waals surface area contributed by atoms with E-state index < -0.39 is 5.41 Å². The van der Waals surface area contributed by atoms with Crippen molar-refractivity contribution in [1.29, 1.82) is 0 Å². The van der Waals surface area contributed by atoms with E-state index >= 15 is 0 Å². The Kier molecular flexibility index (Phi) is 6.54. The minimum Gasteiger partial charge on any atom is -0.496 e. The normalized spacial score (nSPS) is 11.3. The van der Waals surface area contributed by atoms with Crippen molar-refractivity contribution in [1.82, 2.24) is 4.98 Å². The fraction of sp³-hybridized carbons (Fsp3) is 0.381. The fourth-order valence-electron chi connectivity index (χ4n) is 2.55. The Morgan fingerprint density at radius 2 is 1.81 bits per heavy atom. The number of carbonyl (C=O) groups excluding carboxylic acids is 2. The van der Waals surface area contributed by atoms with Gasteiger partial charge in [-0.15, -0.1) is 0 Å². The molecule has 2 rings (SSSR count). The summed E-state index contributed by atoms with van der Waals surface area (Å²) in [5.41, 5.74) is 1.90. The highest BCUT2D eigenvalue weighted by atomic mass is 35.5. The number of hydrogen-bond donors (Lipinski definition) is 0. The number of nitrogens with zero attached hydrogens (tertiary/aromatic N) is 1. The number of ether oxygens (including phenoxy) is 1. The van der Waals surface area contributed by atoms with Crippen molar-refractivity contribution in [3.8, 4) is 5.75 Å². The van der Waals surface area contributed by atoms with Gasteiger partial charge in [0.15, 0.2) is 0 Å². The first-order chi connectivity index (χ1) is 12.2. The van der Waals surface area contributed by atoms with Crippen molar-refractivity contribution in [3.63, 3.8) is 0 Å². The maximum absolute atomic E-state index is 12.5. The molecule has 0 aliphatic carbocycles. The monoisotopic (exact) mass is 373 g/mol. The number of hydrogen-bond acceptors (Lipinski definition) is 4. The molecule has 2 aromatic rings. The lowest BCUT2D eigenvalue weighted by Gasteiger charge is -2.16. The highest BCUT2D eigenvalue weighted by molar-refractivity contribution is 6.30. The summed E-state index contributed by atoms with van der Waals surface area (Å²) < 4.78 is 5.29. The predicted octanol–water partition coefficient (Wildman–Crippen LogP) is 4.26. The zero-order chi connectivity index (χ0) is 19.3. The number of benzene rings is 1. The number of rotatable bonds is 7. The van der Waals surface area contributed by atoms with E-state index in [9.17, 15) is 9.59 Å². The SMILES string of the molecule is COc1ccc(Cl)cc1CC(=O)Cc1ccnc(CC(=O)C(C)(C)C)c1. The summed E-state index contributed by atoms with van der Waals surface area (Å²) in [5.74, 6) is 0.816. The lowest BCUT2D eigenvalue weighted by atomic mass is 9.88. The van der Waals surface area contributed by atoms with Crippen LogP contribution in [0.15, 0.2) is 36.5 Å². The molecule has 1 aromatic carbocycles. The van der Waals surface area contributed by atoms with Gasteiger partial charge in [-0.3, -0.25) is 14.6 Å². The molecule has 0 amide bonds. The molecule has 4 nitrogen and oxygen atoms in total. The van der Waals surface area contributed by atoms with Gasteiger partial charge in [0, 0.05) is 47.2 Å². The molecule has 0 spiro atoms. The lowest BCUT2D eigenvalue weighted by Crippen LogP contribution is -2.22. The Balaban J connectivity index is 2.07. The average molecular weight is 374 g/mol. The molecular weight excluding hydrogens is 350 g/mol. The summed E-state index contributed by atoms with van der Waals surface area (Å²) in [5, 5.41) is 0.570. The smallest absolute Gasteiger partial charge is 0.144 e. The van der Waals surface area contributed by atoms with E-state index in [0.29, 0.717) is 16.5 Å². The molecule has 0 N–H and O–H groups in total. The Bertz CT molecular complexity index is 809. The maximum Gasteiger partial charge on any atom is 0.144 e. The molecule has 1 heterocycles. The first-order valence-electron chi connectivity index (χ1n) is 8.50. The van der Waals surface area contributed by atoms with E-state index in [-0.39, 0.29) is 30.8 Å². The minimum absolute atomic E-state index is 0.0462. The third-order valence-electron chi connectivity index (χ3n) is 4.09. The average Bonchev–Trinajstić information content (AvgIpc) is 2.54. The van der Waals surface area contributed by atoms with Crippen molar-refractivity contribution in [2.45, 2.75) is 40.0 Å². The van der Waals surface area contributed by atoms with Crippen molar-refractivity contribution >= 4 is 23.2 Å². The van der Waals surface area contributed by atoms with E-state index in [1.165, 1.54) is 0 Å². The third kappa shape index (κ3) is 5.67. The van der Waals surface area contributed by atoms with E-state index in [1.54, 1.807) is 37.6 Å². The van der Waals surface area contributed by atoms with Gasteiger partial charge in [0.25, 0.3) is 0 Å². The molecule has 0 saturated carbocycles. The Labute approximate surface area is 159 Å². The predicted molar refractivity (Wildman–Crippen MR) is 103 cm³/mol. The number of carbonyl (C=O) groups is 2. The van der Waals surface area contributed by atoms with Crippen molar-refractivity contribution in [3.05, 3.63) is 58.4 Å². The number of methoxy groups -OCH3 is 1. The Morgan fingerprint density at radius 1 is 1.08 bits per heavy atom. The molecule has 0 bridgehead atoms. The van der Waals surface area contributed by atoms with Crippen LogP contribution < -0.4 is 4.74 Å². The van der Waals surface area contributed by atoms with Crippen LogP contribution in [0.25, 0.3) is 0 Å². The number of ketones is 2. The van der Waals surface area contributed by atoms with Crippen molar-refractivity contribution < 1.29 is 14.3 Å². The van der Waals surface area contributed by atoms with Crippen LogP contribution in [0, 0.1) is 5.41 Å². The summed E-state index contributed by atoms with van der Waals surface area (Å²) in [4.78, 5) is 28.9. The van der Waals surface area contributed by atoms with Gasteiger partial charge in [-0.2, -0.15) is 0 Å². The van der Waals surface area contributed by atoms with Crippen LogP contribution in [-0.4, -0.2) is 23.7 Å². The van der Waals surface area contributed by atoms with Gasteiger partial charge in [-0.1, -0.05) is 32.4 Å². The molecule has 0 radical (unpaired) electrons. The van der Waals surface area contributed by atoms with Crippen LogP contribution in [-0.2, 0) is 28.9 Å². The topological polar surface area (TPSA) is 56.3 Å². The van der Waals surface area contributed by atoms with E-state index in [0.717, 1.165) is 11.1 Å². The number of pyridine rings is 1. The first-order valence-corrected chi connectivity index (χ1v) is 8.88. The minimum atomic E-state index is -0.406. The van der Waals surface area contributed by atoms with E-state index in [4.69, 9.17) is 16.3 Å². The first kappa shape index (κ1) is 20.1. The second-order valence-electron chi connectivity index (χ2n) is 7.35. The van der Waals surface area contributed by atoms with Crippen LogP contribution >= 0.6 is 11.6 Å². The van der Waals surface area contributed by atoms with Gasteiger partial charge in [0.05, 0.1) is 7.11 Å². The second-order valence-corrected chi connectivity index (χ2v) is 7.79. The zero-order valence-corrected chi connectivity index (χ0v) is 16.4. The molecule has 138 valence electrons. The number of Topliss-reactive ketones (excluding diaryl/α,β-unsaturated/α-hetero) is 2. The molecule has 5 heteroatoms. The highest BCUT2D eigenvalue weighted by Crippen LogP contribution is 2.24. The zero-order valence-electron chi connectivity index (χ0n) is 15.6. The standard InChI is InChI=1S/C21H24ClNO3/c1-21(2,3)20(25)13-17-9-14(7-8-23-17)10-18(24)12-15-11-16(22)5-6-19(15)26-4/h5-9,11H,10,12-13H2,1-4H3. The molecule has 0 saturated heterocycles. The van der Waals surface area contributed by atoms with E-state index in [2.05, 4.69) is 4.98 Å². The summed E-state index contributed by atoms with van der Waals surface area (Å²) >= 11 is 6.02. The van der Waals surface area contributed by atoms with Crippen molar-refractivity contribution in [2.24, 2.45) is 5.41 Å². The second kappa shape index (κ2) is 8.45. The van der Waals surface area contributed by atoms with Crippen LogP contribution in [0.1, 0.15) is 37.6 Å². The van der Waals surface area contributed by atoms with Crippen LogP contribution in [0.3, 0.4) is 0 Å². The molecular formula is C21H24ClNO3. The highest BCUT2D eigenvalue weighted by Gasteiger charge is 2.21. The molecule has 0 aliphatic rings. The van der Waals surface area contributed by atoms with Gasteiger partial charge in [-0.25, -0.2) is 0 Å². The lowest BCUT2D eigenvalue weighted by molar-refractivity contribution is -0.125. The number of halogens is 1. The maximum atomic E-state index is 12.5. The molecule has 0 fully saturated rings. The van der Waals surface area contributed by atoms with Crippen LogP contribution in [0.5, 0.6) is 5.75 Å². The summed E-state index contributed by atoms with van der Waals surface area (Å²) in [6.45, 7) is 5.67. The van der Waals surface area contributed by atoms with Crippen LogP contribution in [0.4, 0.5) is 0 Å². The van der Waals surface area contributed by atoms with Gasteiger partial charge >= 0.3 is 0 Å². The van der Waals surface area contributed by atoms with Gasteiger partial charge in [0.1, 0.15) is 17.3 Å². The van der Waals surface area contributed by atoms with Crippen LogP contribution in [0.2, 0.25) is 5.02 Å². The molecule has 0 aliphatic heterocycles. The van der Waals surface area contributed by atoms with Crippen molar-refractivity contribution in [2.75, 3.05) is 7.11 Å². The van der Waals surface area contributed by atoms with Gasteiger partial charge in [-0.05, 0) is 35.9 Å². The summed E-state index contributed by atoms with van der Waals surface area (Å²) in [6, 6.07) is 8.87. The number of aromatic nitrogens is 1. The molecule has 26 heavy (non-hydrogen) atoms. The van der Waals surface area contributed by atoms with E-state index in [1.807, 2.05) is 26.8 Å². The van der Waals surface area contributed by atoms with Gasteiger partial charge < -0.3 is 4.74 Å².